The van der Waals surface area contributed by atoms with Gasteiger partial charge >= 0.3 is 0 Å². The molecule has 0 amide bonds. The molecular formula is C30H36N8OS. The number of furan rings is 1. The number of piperazine rings is 1. The first-order valence-electron chi connectivity index (χ1n) is 14.0. The summed E-state index contributed by atoms with van der Waals surface area (Å²) in [6, 6.07) is 10.5. The Morgan fingerprint density at radius 1 is 1.12 bits per heavy atom. The fourth-order valence-corrected chi connectivity index (χ4v) is 6.39. The van der Waals surface area contributed by atoms with Gasteiger partial charge in [-0.2, -0.15) is 15.0 Å². The minimum absolute atomic E-state index is 0.0404. The Kier molecular flexibility index (Phi) is 7.88. The highest BCUT2D eigenvalue weighted by Gasteiger charge is 2.24. The average Bonchev–Trinajstić information content (AvgIpc) is 3.66. The molecule has 40 heavy (non-hydrogen) atoms. The van der Waals surface area contributed by atoms with Crippen LogP contribution in [-0.4, -0.2) is 70.7 Å². The molecule has 5 heterocycles. The van der Waals surface area contributed by atoms with E-state index in [0.29, 0.717) is 24.3 Å². The lowest BCUT2D eigenvalue weighted by atomic mass is 10.0. The van der Waals surface area contributed by atoms with Gasteiger partial charge in [-0.05, 0) is 68.3 Å². The van der Waals surface area contributed by atoms with Crippen LogP contribution >= 0.6 is 11.8 Å². The Labute approximate surface area is 239 Å². The van der Waals surface area contributed by atoms with Gasteiger partial charge in [-0.1, -0.05) is 19.1 Å². The molecule has 3 aromatic rings. The van der Waals surface area contributed by atoms with E-state index >= 15 is 0 Å². The standard InChI is InChI=1S/C30H36N8OS/c1-4-20-10-16-40-26-17-21(8-9-22(20)26)31-19-28-34-29(36-30(35-28)38-13-11-37(3)12-14-38)33-27-18-23(24(5-2)32-27)25-7-6-15-39-25/h4,6-9,15,17-18,24,31H,5,10-14,16,19H2,1-3H3,(H,32,33,34,35,36)/b20-4-. The quantitative estimate of drug-likeness (QED) is 0.396. The van der Waals surface area contributed by atoms with Gasteiger partial charge in [0, 0.05) is 48.1 Å². The molecule has 0 saturated carbocycles. The normalized spacial score (nSPS) is 20.3. The maximum absolute atomic E-state index is 5.66. The van der Waals surface area contributed by atoms with Crippen LogP contribution < -0.4 is 15.5 Å². The second kappa shape index (κ2) is 11.9. The molecule has 0 aliphatic carbocycles. The van der Waals surface area contributed by atoms with Gasteiger partial charge in [0.1, 0.15) is 11.6 Å². The molecule has 1 fully saturated rings. The highest BCUT2D eigenvalue weighted by molar-refractivity contribution is 7.99. The number of amidine groups is 1. The molecule has 3 aliphatic heterocycles. The molecule has 208 valence electrons. The van der Waals surface area contributed by atoms with Gasteiger partial charge < -0.3 is 24.9 Å². The Morgan fingerprint density at radius 2 is 2.00 bits per heavy atom. The van der Waals surface area contributed by atoms with Crippen LogP contribution in [0.4, 0.5) is 17.6 Å². The molecule has 1 aromatic carbocycles. The number of nitrogens with zero attached hydrogens (tertiary/aromatic N) is 6. The molecule has 2 aromatic heterocycles. The van der Waals surface area contributed by atoms with Gasteiger partial charge in [0.15, 0.2) is 5.82 Å². The van der Waals surface area contributed by atoms with Crippen LogP contribution in [0.15, 0.2) is 63.1 Å². The lowest BCUT2D eigenvalue weighted by Gasteiger charge is -2.32. The summed E-state index contributed by atoms with van der Waals surface area (Å²) in [5.41, 5.74) is 4.90. The van der Waals surface area contributed by atoms with Crippen LogP contribution in [0.1, 0.15) is 43.8 Å². The molecule has 2 N–H and O–H groups in total. The first-order valence-corrected chi connectivity index (χ1v) is 15.0. The van der Waals surface area contributed by atoms with E-state index in [9.17, 15) is 0 Å². The highest BCUT2D eigenvalue weighted by atomic mass is 32.2. The number of allylic oxidation sites excluding steroid dienone is 2. The van der Waals surface area contributed by atoms with Gasteiger partial charge in [-0.3, -0.25) is 4.99 Å². The summed E-state index contributed by atoms with van der Waals surface area (Å²) >= 11 is 1.92. The number of aromatic nitrogens is 3. The zero-order valence-corrected chi connectivity index (χ0v) is 24.2. The Bertz CT molecular complexity index is 1440. The van der Waals surface area contributed by atoms with E-state index in [1.54, 1.807) is 6.26 Å². The van der Waals surface area contributed by atoms with E-state index in [4.69, 9.17) is 24.4 Å². The van der Waals surface area contributed by atoms with Crippen molar-refractivity contribution in [2.24, 2.45) is 4.99 Å². The van der Waals surface area contributed by atoms with E-state index in [1.807, 2.05) is 30.0 Å². The highest BCUT2D eigenvalue weighted by Crippen LogP contribution is 2.38. The van der Waals surface area contributed by atoms with Crippen LogP contribution in [0.3, 0.4) is 0 Å². The zero-order chi connectivity index (χ0) is 27.5. The van der Waals surface area contributed by atoms with Crippen molar-refractivity contribution in [1.82, 2.24) is 19.9 Å². The Hall–Kier alpha value is -3.63. The number of aliphatic imine (C=N–C) groups is 1. The zero-order valence-electron chi connectivity index (χ0n) is 23.4. The van der Waals surface area contributed by atoms with Gasteiger partial charge in [-0.15, -0.1) is 11.8 Å². The van der Waals surface area contributed by atoms with Crippen LogP contribution in [-0.2, 0) is 6.54 Å². The molecule has 0 spiro atoms. The first kappa shape index (κ1) is 26.6. The number of fused-ring (bicyclic) bond motifs is 1. The number of hydrogen-bond donors (Lipinski definition) is 2. The van der Waals surface area contributed by atoms with Crippen molar-refractivity contribution in [2.75, 3.05) is 54.5 Å². The third kappa shape index (κ3) is 5.78. The molecule has 0 radical (unpaired) electrons. The molecule has 1 saturated heterocycles. The lowest BCUT2D eigenvalue weighted by molar-refractivity contribution is 0.311. The first-order chi connectivity index (χ1) is 19.6. The third-order valence-electron chi connectivity index (χ3n) is 7.59. The van der Waals surface area contributed by atoms with Crippen molar-refractivity contribution in [3.05, 3.63) is 65.9 Å². The average molecular weight is 557 g/mol. The monoisotopic (exact) mass is 556 g/mol. The predicted octanol–water partition coefficient (Wildman–Crippen LogP) is 5.41. The molecule has 9 nitrogen and oxygen atoms in total. The van der Waals surface area contributed by atoms with Crippen molar-refractivity contribution >= 4 is 46.3 Å². The third-order valence-corrected chi connectivity index (χ3v) is 8.65. The topological polar surface area (TPSA) is 94.7 Å². The lowest BCUT2D eigenvalue weighted by Crippen LogP contribution is -2.45. The molecular weight excluding hydrogens is 520 g/mol. The SMILES string of the molecule is C/C=C1/CCSc2cc(NCc3nc(NC4=NC(CC)C(c5ccco5)=C4)nc(N4CCN(C)CC4)n3)ccc21. The van der Waals surface area contributed by atoms with Crippen molar-refractivity contribution in [3.8, 4) is 0 Å². The van der Waals surface area contributed by atoms with E-state index in [-0.39, 0.29) is 6.04 Å². The minimum Gasteiger partial charge on any atom is -0.465 e. The van der Waals surface area contributed by atoms with E-state index in [0.717, 1.165) is 67.6 Å². The minimum atomic E-state index is 0.0404. The van der Waals surface area contributed by atoms with Gasteiger partial charge in [0.25, 0.3) is 0 Å². The second-order valence-electron chi connectivity index (χ2n) is 10.3. The van der Waals surface area contributed by atoms with E-state index in [1.165, 1.54) is 16.0 Å². The molecule has 10 heteroatoms. The van der Waals surface area contributed by atoms with Crippen molar-refractivity contribution in [3.63, 3.8) is 0 Å². The van der Waals surface area contributed by atoms with Crippen molar-refractivity contribution in [2.45, 2.75) is 44.2 Å². The fourth-order valence-electron chi connectivity index (χ4n) is 5.28. The summed E-state index contributed by atoms with van der Waals surface area (Å²) in [5, 5.41) is 6.92. The van der Waals surface area contributed by atoms with E-state index < -0.39 is 0 Å². The second-order valence-corrected chi connectivity index (χ2v) is 11.4. The molecule has 6 rings (SSSR count). The van der Waals surface area contributed by atoms with Gasteiger partial charge in [-0.25, -0.2) is 0 Å². The van der Waals surface area contributed by atoms with E-state index in [2.05, 4.69) is 65.6 Å². The number of thioether (sulfide) groups is 1. The van der Waals surface area contributed by atoms with Crippen LogP contribution in [0.5, 0.6) is 0 Å². The van der Waals surface area contributed by atoms with Gasteiger partial charge in [0.2, 0.25) is 11.9 Å². The Morgan fingerprint density at radius 3 is 2.77 bits per heavy atom. The fraction of sp³-hybridized carbons (Fsp3) is 0.400. The van der Waals surface area contributed by atoms with Crippen LogP contribution in [0, 0.1) is 0 Å². The Balaban J connectivity index is 1.24. The summed E-state index contributed by atoms with van der Waals surface area (Å²) in [6.45, 7) is 8.46. The number of likely N-dealkylation sites (N-methyl/N-ethyl adjacent to an activating group) is 1. The smallest absolute Gasteiger partial charge is 0.233 e. The van der Waals surface area contributed by atoms with Gasteiger partial charge in [0.05, 0.1) is 18.8 Å². The van der Waals surface area contributed by atoms with Crippen LogP contribution in [0.2, 0.25) is 0 Å². The number of benzene rings is 1. The summed E-state index contributed by atoms with van der Waals surface area (Å²) in [6.07, 6.45) is 7.97. The molecule has 1 unspecified atom stereocenters. The molecule has 0 bridgehead atoms. The predicted molar refractivity (Wildman–Crippen MR) is 164 cm³/mol. The largest absolute Gasteiger partial charge is 0.465 e. The van der Waals surface area contributed by atoms with Crippen LogP contribution in [0.25, 0.3) is 11.1 Å². The number of rotatable bonds is 7. The maximum atomic E-state index is 5.66. The number of nitrogens with one attached hydrogen (secondary N) is 2. The summed E-state index contributed by atoms with van der Waals surface area (Å²) < 4.78 is 5.66. The van der Waals surface area contributed by atoms with Crippen molar-refractivity contribution in [1.29, 1.82) is 0 Å². The summed E-state index contributed by atoms with van der Waals surface area (Å²) in [5.74, 6) is 4.58. The molecule has 3 aliphatic rings. The number of anilines is 3. The maximum Gasteiger partial charge on any atom is 0.233 e. The summed E-state index contributed by atoms with van der Waals surface area (Å²) in [4.78, 5) is 25.2. The van der Waals surface area contributed by atoms with Crippen molar-refractivity contribution < 1.29 is 4.42 Å². The molecule has 1 atom stereocenters. The number of hydrogen-bond acceptors (Lipinski definition) is 10. The summed E-state index contributed by atoms with van der Waals surface area (Å²) in [7, 11) is 2.15.